The molecule has 7 heteroatoms. The number of benzene rings is 2. The van der Waals surface area contributed by atoms with Gasteiger partial charge in [0.25, 0.3) is 0 Å². The van der Waals surface area contributed by atoms with Gasteiger partial charge in [0, 0.05) is 25.6 Å². The third kappa shape index (κ3) is 3.65. The van der Waals surface area contributed by atoms with Gasteiger partial charge in [-0.15, -0.1) is 10.2 Å². The van der Waals surface area contributed by atoms with Gasteiger partial charge in [-0.1, -0.05) is 24.3 Å². The fourth-order valence-electron chi connectivity index (χ4n) is 2.64. The quantitative estimate of drug-likeness (QED) is 0.722. The van der Waals surface area contributed by atoms with Crippen LogP contribution < -0.4 is 5.32 Å². The molecule has 0 saturated carbocycles. The van der Waals surface area contributed by atoms with Crippen molar-refractivity contribution in [2.75, 3.05) is 12.4 Å². The van der Waals surface area contributed by atoms with Crippen molar-refractivity contribution >= 4 is 28.3 Å². The number of amides is 1. The first-order chi connectivity index (χ1) is 12.1. The second-order valence-electron chi connectivity index (χ2n) is 5.64. The highest BCUT2D eigenvalue weighted by atomic mass is 16.5. The molecule has 1 aromatic heterocycles. The highest BCUT2D eigenvalue weighted by Gasteiger charge is 2.13. The predicted octanol–water partition coefficient (Wildman–Crippen LogP) is 2.33. The first-order valence-corrected chi connectivity index (χ1v) is 7.82. The maximum absolute atomic E-state index is 12.2. The Labute approximate surface area is 144 Å². The van der Waals surface area contributed by atoms with Gasteiger partial charge in [0.05, 0.1) is 12.7 Å². The van der Waals surface area contributed by atoms with E-state index in [4.69, 9.17) is 4.74 Å². The summed E-state index contributed by atoms with van der Waals surface area (Å²) >= 11 is 0. The Balaban J connectivity index is 1.80. The minimum absolute atomic E-state index is 0.158. The summed E-state index contributed by atoms with van der Waals surface area (Å²) in [5.74, 6) is 0.143. The molecule has 1 amide bonds. The van der Waals surface area contributed by atoms with Crippen molar-refractivity contribution in [1.29, 1.82) is 0 Å². The van der Waals surface area contributed by atoms with Crippen LogP contribution in [0, 0.1) is 0 Å². The molecule has 0 aliphatic carbocycles. The number of ether oxygens (including phenoxy) is 1. The Bertz CT molecular complexity index is 933. The van der Waals surface area contributed by atoms with Crippen LogP contribution in [0.2, 0.25) is 0 Å². The van der Waals surface area contributed by atoms with E-state index in [-0.39, 0.29) is 12.3 Å². The largest absolute Gasteiger partial charge is 0.465 e. The number of aromatic nitrogens is 3. The van der Waals surface area contributed by atoms with E-state index in [0.717, 1.165) is 16.6 Å². The van der Waals surface area contributed by atoms with Crippen LogP contribution in [0.25, 0.3) is 10.8 Å². The molecule has 3 aromatic rings. The molecule has 0 atom stereocenters. The van der Waals surface area contributed by atoms with Crippen molar-refractivity contribution < 1.29 is 14.3 Å². The van der Waals surface area contributed by atoms with Crippen molar-refractivity contribution in [2.45, 2.75) is 12.8 Å². The molecule has 0 fully saturated rings. The minimum atomic E-state index is -0.439. The highest BCUT2D eigenvalue weighted by molar-refractivity contribution is 6.07. The SMILES string of the molecule is COC(=O)c1cc(NC(=O)CCc2nncn2C)cc2ccccc12. The fraction of sp³-hybridized carbons (Fsp3) is 0.222. The Morgan fingerprint density at radius 1 is 1.24 bits per heavy atom. The Morgan fingerprint density at radius 3 is 2.76 bits per heavy atom. The van der Waals surface area contributed by atoms with E-state index in [2.05, 4.69) is 15.5 Å². The van der Waals surface area contributed by atoms with Gasteiger partial charge in [-0.2, -0.15) is 0 Å². The summed E-state index contributed by atoms with van der Waals surface area (Å²) in [4.78, 5) is 24.3. The number of hydrogen-bond donors (Lipinski definition) is 1. The predicted molar refractivity (Wildman–Crippen MR) is 93.2 cm³/mol. The van der Waals surface area contributed by atoms with Crippen LogP contribution in [0.1, 0.15) is 22.6 Å². The maximum atomic E-state index is 12.2. The monoisotopic (exact) mass is 338 g/mol. The average molecular weight is 338 g/mol. The first kappa shape index (κ1) is 16.6. The maximum Gasteiger partial charge on any atom is 0.338 e. The van der Waals surface area contributed by atoms with Crippen LogP contribution in [0.15, 0.2) is 42.7 Å². The third-order valence-corrected chi connectivity index (χ3v) is 3.93. The van der Waals surface area contributed by atoms with E-state index in [1.54, 1.807) is 17.0 Å². The van der Waals surface area contributed by atoms with Gasteiger partial charge >= 0.3 is 5.97 Å². The number of carbonyl (C=O) groups is 2. The van der Waals surface area contributed by atoms with Gasteiger partial charge in [-0.05, 0) is 22.9 Å². The number of nitrogens with one attached hydrogen (secondary N) is 1. The van der Waals surface area contributed by atoms with Crippen molar-refractivity contribution in [3.8, 4) is 0 Å². The minimum Gasteiger partial charge on any atom is -0.465 e. The van der Waals surface area contributed by atoms with Crippen LogP contribution in [0.4, 0.5) is 5.69 Å². The molecule has 128 valence electrons. The molecule has 0 aliphatic heterocycles. The van der Waals surface area contributed by atoms with E-state index >= 15 is 0 Å². The molecule has 7 nitrogen and oxygen atoms in total. The second-order valence-corrected chi connectivity index (χ2v) is 5.64. The fourth-order valence-corrected chi connectivity index (χ4v) is 2.64. The lowest BCUT2D eigenvalue weighted by atomic mass is 10.0. The Hall–Kier alpha value is -3.22. The smallest absolute Gasteiger partial charge is 0.338 e. The number of aryl methyl sites for hydroxylation is 2. The summed E-state index contributed by atoms with van der Waals surface area (Å²) in [5.41, 5.74) is 0.978. The summed E-state index contributed by atoms with van der Waals surface area (Å²) in [5, 5.41) is 12.2. The summed E-state index contributed by atoms with van der Waals surface area (Å²) in [7, 11) is 3.17. The van der Waals surface area contributed by atoms with Crippen molar-refractivity contribution in [3.05, 3.63) is 54.1 Å². The van der Waals surface area contributed by atoms with Crippen LogP contribution in [0.5, 0.6) is 0 Å². The van der Waals surface area contributed by atoms with E-state index in [9.17, 15) is 9.59 Å². The number of nitrogens with zero attached hydrogens (tertiary/aromatic N) is 3. The zero-order chi connectivity index (χ0) is 17.8. The number of anilines is 1. The van der Waals surface area contributed by atoms with Crippen LogP contribution in [-0.2, 0) is 23.0 Å². The molecule has 0 aliphatic rings. The number of esters is 1. The first-order valence-electron chi connectivity index (χ1n) is 7.82. The third-order valence-electron chi connectivity index (χ3n) is 3.93. The summed E-state index contributed by atoms with van der Waals surface area (Å²) in [6.45, 7) is 0. The molecule has 2 aromatic carbocycles. The van der Waals surface area contributed by atoms with Crippen LogP contribution >= 0.6 is 0 Å². The standard InChI is InChI=1S/C18H18N4O3/c1-22-11-19-21-16(22)7-8-17(23)20-13-9-12-5-3-4-6-14(12)15(10-13)18(24)25-2/h3-6,9-11H,7-8H2,1-2H3,(H,20,23). The molecule has 3 rings (SSSR count). The van der Waals surface area contributed by atoms with Crippen molar-refractivity contribution in [1.82, 2.24) is 14.8 Å². The van der Waals surface area contributed by atoms with Crippen LogP contribution in [-0.4, -0.2) is 33.8 Å². The van der Waals surface area contributed by atoms with Crippen molar-refractivity contribution in [3.63, 3.8) is 0 Å². The molecule has 0 saturated heterocycles. The zero-order valence-electron chi connectivity index (χ0n) is 14.0. The summed E-state index contributed by atoms with van der Waals surface area (Å²) in [6.07, 6.45) is 2.35. The molecule has 1 N–H and O–H groups in total. The topological polar surface area (TPSA) is 86.1 Å². The number of methoxy groups -OCH3 is 1. The van der Waals surface area contributed by atoms with E-state index in [0.29, 0.717) is 17.7 Å². The zero-order valence-corrected chi connectivity index (χ0v) is 14.0. The molecular weight excluding hydrogens is 320 g/mol. The number of carbonyl (C=O) groups excluding carboxylic acids is 2. The Kier molecular flexibility index (Phi) is 4.74. The molecule has 0 radical (unpaired) electrons. The van der Waals surface area contributed by atoms with Gasteiger partial charge in [-0.25, -0.2) is 4.79 Å². The van der Waals surface area contributed by atoms with Gasteiger partial charge in [0.15, 0.2) is 0 Å². The van der Waals surface area contributed by atoms with E-state index < -0.39 is 5.97 Å². The lowest BCUT2D eigenvalue weighted by Gasteiger charge is -2.10. The van der Waals surface area contributed by atoms with Gasteiger partial charge in [0.1, 0.15) is 12.2 Å². The van der Waals surface area contributed by atoms with Gasteiger partial charge < -0.3 is 14.6 Å². The van der Waals surface area contributed by atoms with E-state index in [1.807, 2.05) is 37.4 Å². The molecule has 0 spiro atoms. The lowest BCUT2D eigenvalue weighted by molar-refractivity contribution is -0.116. The molecular formula is C18H18N4O3. The number of rotatable bonds is 5. The van der Waals surface area contributed by atoms with Gasteiger partial charge in [-0.3, -0.25) is 4.79 Å². The molecule has 0 unspecified atom stereocenters. The lowest BCUT2D eigenvalue weighted by Crippen LogP contribution is -2.14. The molecule has 1 heterocycles. The summed E-state index contributed by atoms with van der Waals surface area (Å²) in [6, 6.07) is 10.9. The Morgan fingerprint density at radius 2 is 2.04 bits per heavy atom. The van der Waals surface area contributed by atoms with Crippen molar-refractivity contribution in [2.24, 2.45) is 7.05 Å². The number of fused-ring (bicyclic) bond motifs is 1. The average Bonchev–Trinajstić information content (AvgIpc) is 3.03. The van der Waals surface area contributed by atoms with Gasteiger partial charge in [0.2, 0.25) is 5.91 Å². The normalized spacial score (nSPS) is 10.6. The van der Waals surface area contributed by atoms with Crippen LogP contribution in [0.3, 0.4) is 0 Å². The highest BCUT2D eigenvalue weighted by Crippen LogP contribution is 2.25. The summed E-state index contributed by atoms with van der Waals surface area (Å²) < 4.78 is 6.62. The molecule has 0 bridgehead atoms. The number of hydrogen-bond acceptors (Lipinski definition) is 5. The molecule has 25 heavy (non-hydrogen) atoms. The van der Waals surface area contributed by atoms with E-state index in [1.165, 1.54) is 7.11 Å². The second kappa shape index (κ2) is 7.12.